The smallest absolute Gasteiger partial charge is 0.337 e. The number of esters is 1. The molecule has 3 rings (SSSR count). The van der Waals surface area contributed by atoms with Gasteiger partial charge in [-0.15, -0.1) is 11.8 Å². The predicted molar refractivity (Wildman–Crippen MR) is 115 cm³/mol. The van der Waals surface area contributed by atoms with Crippen molar-refractivity contribution in [2.45, 2.75) is 50.0 Å². The fourth-order valence-corrected chi connectivity index (χ4v) is 4.28. The van der Waals surface area contributed by atoms with Gasteiger partial charge >= 0.3 is 5.97 Å². The highest BCUT2D eigenvalue weighted by Crippen LogP contribution is 2.33. The molecule has 1 aliphatic rings. The second-order valence-corrected chi connectivity index (χ2v) is 8.29. The fourth-order valence-electron chi connectivity index (χ4n) is 3.33. The number of ether oxygens (including phenoxy) is 4. The van der Waals surface area contributed by atoms with Gasteiger partial charge in [0, 0.05) is 0 Å². The van der Waals surface area contributed by atoms with E-state index in [2.05, 4.69) is 0 Å². The van der Waals surface area contributed by atoms with E-state index in [4.69, 9.17) is 18.9 Å². The average Bonchev–Trinajstić information content (AvgIpc) is 2.79. The summed E-state index contributed by atoms with van der Waals surface area (Å²) >= 11 is 1.51. The minimum Gasteiger partial charge on any atom is -0.467 e. The molecule has 0 amide bonds. The average molecular weight is 433 g/mol. The van der Waals surface area contributed by atoms with Crippen LogP contribution in [0.3, 0.4) is 0 Å². The van der Waals surface area contributed by atoms with E-state index in [1.807, 2.05) is 67.6 Å². The first-order valence-corrected chi connectivity index (χ1v) is 11.0. The second kappa shape index (κ2) is 11.5. The van der Waals surface area contributed by atoms with Gasteiger partial charge in [-0.25, -0.2) is 4.79 Å². The SMILES string of the molecule is CCSC1OC(C(=O)OC)C(O)C(OCc2ccccc2)C1OCc1ccccc1. The van der Waals surface area contributed by atoms with Crippen LogP contribution in [0.5, 0.6) is 0 Å². The molecule has 0 spiro atoms. The zero-order chi connectivity index (χ0) is 21.3. The summed E-state index contributed by atoms with van der Waals surface area (Å²) in [4.78, 5) is 12.2. The molecular weight excluding hydrogens is 404 g/mol. The highest BCUT2D eigenvalue weighted by Gasteiger charge is 2.50. The van der Waals surface area contributed by atoms with Crippen molar-refractivity contribution in [3.8, 4) is 0 Å². The molecular formula is C23H28O6S. The third-order valence-electron chi connectivity index (χ3n) is 4.85. The van der Waals surface area contributed by atoms with Crippen molar-refractivity contribution in [3.05, 3.63) is 71.8 Å². The zero-order valence-electron chi connectivity index (χ0n) is 17.2. The lowest BCUT2D eigenvalue weighted by molar-refractivity contribution is -0.236. The van der Waals surface area contributed by atoms with Gasteiger partial charge in [-0.3, -0.25) is 0 Å². The van der Waals surface area contributed by atoms with Gasteiger partial charge in [0.2, 0.25) is 0 Å². The molecule has 30 heavy (non-hydrogen) atoms. The first-order valence-electron chi connectivity index (χ1n) is 9.98. The van der Waals surface area contributed by atoms with Crippen LogP contribution in [0.25, 0.3) is 0 Å². The topological polar surface area (TPSA) is 74.2 Å². The van der Waals surface area contributed by atoms with Crippen LogP contribution in [0.15, 0.2) is 60.7 Å². The van der Waals surface area contributed by atoms with Gasteiger partial charge in [-0.05, 0) is 16.9 Å². The normalized spacial score (nSPS) is 26.3. The van der Waals surface area contributed by atoms with Gasteiger partial charge in [0.15, 0.2) is 6.10 Å². The number of carbonyl (C=O) groups excluding carboxylic acids is 1. The van der Waals surface area contributed by atoms with Crippen molar-refractivity contribution >= 4 is 17.7 Å². The van der Waals surface area contributed by atoms with E-state index in [-0.39, 0.29) is 6.61 Å². The largest absolute Gasteiger partial charge is 0.467 e. The maximum Gasteiger partial charge on any atom is 0.337 e. The molecule has 0 radical (unpaired) electrons. The zero-order valence-corrected chi connectivity index (χ0v) is 18.0. The van der Waals surface area contributed by atoms with Gasteiger partial charge < -0.3 is 24.1 Å². The van der Waals surface area contributed by atoms with E-state index < -0.39 is 35.8 Å². The molecule has 1 fully saturated rings. The molecule has 1 aliphatic heterocycles. The first-order chi connectivity index (χ1) is 14.6. The van der Waals surface area contributed by atoms with Gasteiger partial charge in [0.25, 0.3) is 0 Å². The Hall–Kier alpha value is -1.90. The van der Waals surface area contributed by atoms with Crippen LogP contribution in [0.1, 0.15) is 18.1 Å². The van der Waals surface area contributed by atoms with Crippen LogP contribution in [0, 0.1) is 0 Å². The van der Waals surface area contributed by atoms with Crippen LogP contribution in [-0.2, 0) is 37.0 Å². The van der Waals surface area contributed by atoms with E-state index in [0.717, 1.165) is 16.9 Å². The summed E-state index contributed by atoms with van der Waals surface area (Å²) < 4.78 is 23.0. The molecule has 1 saturated heterocycles. The molecule has 0 aromatic heterocycles. The number of rotatable bonds is 9. The van der Waals surface area contributed by atoms with Gasteiger partial charge in [-0.1, -0.05) is 67.6 Å². The van der Waals surface area contributed by atoms with Gasteiger partial charge in [0.1, 0.15) is 23.7 Å². The van der Waals surface area contributed by atoms with E-state index >= 15 is 0 Å². The second-order valence-electron chi connectivity index (χ2n) is 6.92. The van der Waals surface area contributed by atoms with Crippen LogP contribution in [0.2, 0.25) is 0 Å². The monoisotopic (exact) mass is 432 g/mol. The lowest BCUT2D eigenvalue weighted by atomic mass is 9.99. The van der Waals surface area contributed by atoms with E-state index in [1.54, 1.807) is 0 Å². The van der Waals surface area contributed by atoms with Crippen LogP contribution in [-0.4, -0.2) is 53.8 Å². The Morgan fingerprint density at radius 1 is 0.967 bits per heavy atom. The maximum atomic E-state index is 12.2. The maximum absolute atomic E-state index is 12.2. The number of hydrogen-bond acceptors (Lipinski definition) is 7. The number of benzene rings is 2. The van der Waals surface area contributed by atoms with Crippen LogP contribution in [0.4, 0.5) is 0 Å². The Morgan fingerprint density at radius 2 is 1.50 bits per heavy atom. The molecule has 7 heteroatoms. The van der Waals surface area contributed by atoms with E-state index in [9.17, 15) is 9.90 Å². The highest BCUT2D eigenvalue weighted by atomic mass is 32.2. The van der Waals surface area contributed by atoms with Gasteiger partial charge in [-0.2, -0.15) is 0 Å². The first kappa shape index (κ1) is 22.8. The summed E-state index contributed by atoms with van der Waals surface area (Å²) in [5.74, 6) is 0.129. The lowest BCUT2D eigenvalue weighted by Crippen LogP contribution is -2.60. The molecule has 0 bridgehead atoms. The molecule has 1 heterocycles. The highest BCUT2D eigenvalue weighted by molar-refractivity contribution is 7.99. The number of thioether (sulfide) groups is 1. The molecule has 0 saturated carbocycles. The Morgan fingerprint density at radius 3 is 2.00 bits per heavy atom. The van der Waals surface area contributed by atoms with Crippen molar-refractivity contribution in [2.24, 2.45) is 0 Å². The molecule has 5 atom stereocenters. The predicted octanol–water partition coefficient (Wildman–Crippen LogP) is 3.17. The molecule has 0 aliphatic carbocycles. The molecule has 162 valence electrons. The number of hydrogen-bond donors (Lipinski definition) is 1. The van der Waals surface area contributed by atoms with Crippen molar-refractivity contribution < 1.29 is 28.8 Å². The molecule has 5 unspecified atom stereocenters. The van der Waals surface area contributed by atoms with Crippen molar-refractivity contribution in [2.75, 3.05) is 12.9 Å². The third kappa shape index (κ3) is 5.83. The summed E-state index contributed by atoms with van der Waals surface area (Å²) in [7, 11) is 1.28. The quantitative estimate of drug-likeness (QED) is 0.610. The Kier molecular flexibility index (Phi) is 8.72. The molecule has 1 N–H and O–H groups in total. The summed E-state index contributed by atoms with van der Waals surface area (Å²) in [5.41, 5.74) is 1.49. The number of aliphatic hydroxyl groups excluding tert-OH is 1. The summed E-state index contributed by atoms with van der Waals surface area (Å²) in [5, 5.41) is 10.9. The van der Waals surface area contributed by atoms with Crippen molar-refractivity contribution in [1.29, 1.82) is 0 Å². The summed E-state index contributed by atoms with van der Waals surface area (Å²) in [6, 6.07) is 19.4. The third-order valence-corrected chi connectivity index (χ3v) is 5.90. The fraction of sp³-hybridized carbons (Fsp3) is 0.435. The minimum absolute atomic E-state index is 0.283. The van der Waals surface area contributed by atoms with Crippen molar-refractivity contribution in [3.63, 3.8) is 0 Å². The van der Waals surface area contributed by atoms with Crippen LogP contribution >= 0.6 is 11.8 Å². The van der Waals surface area contributed by atoms with E-state index in [0.29, 0.717) is 6.61 Å². The number of aliphatic hydroxyl groups is 1. The number of carbonyl (C=O) groups is 1. The van der Waals surface area contributed by atoms with E-state index in [1.165, 1.54) is 18.9 Å². The number of methoxy groups -OCH3 is 1. The minimum atomic E-state index is -1.21. The van der Waals surface area contributed by atoms with Gasteiger partial charge in [0.05, 0.1) is 20.3 Å². The lowest BCUT2D eigenvalue weighted by Gasteiger charge is -2.43. The molecule has 2 aromatic rings. The Bertz CT molecular complexity index is 772. The molecule has 2 aromatic carbocycles. The Labute approximate surface area is 181 Å². The summed E-state index contributed by atoms with van der Waals surface area (Å²) in [6.45, 7) is 2.63. The molecule has 6 nitrogen and oxygen atoms in total. The summed E-state index contributed by atoms with van der Waals surface area (Å²) in [6.07, 6.45) is -3.65. The standard InChI is InChI=1S/C23H28O6S/c1-3-30-23-21(28-15-17-12-8-5-9-13-17)19(18(24)20(29-23)22(25)26-2)27-14-16-10-6-4-7-11-16/h4-13,18-21,23-24H,3,14-15H2,1-2H3. The Balaban J connectivity index is 1.81. The van der Waals surface area contributed by atoms with Crippen molar-refractivity contribution in [1.82, 2.24) is 0 Å². The van der Waals surface area contributed by atoms with Crippen LogP contribution < -0.4 is 0 Å².